The number of aromatic nitrogens is 4. The number of hydrogen-bond acceptors (Lipinski definition) is 4. The van der Waals surface area contributed by atoms with Crippen LogP contribution in [-0.2, 0) is 17.9 Å². The zero-order chi connectivity index (χ0) is 21.5. The summed E-state index contributed by atoms with van der Waals surface area (Å²) in [6, 6.07) is 20.1. The van der Waals surface area contributed by atoms with E-state index in [4.69, 9.17) is 0 Å². The van der Waals surface area contributed by atoms with Gasteiger partial charge in [-0.15, -0.1) is 0 Å². The number of benzene rings is 2. The summed E-state index contributed by atoms with van der Waals surface area (Å²) >= 11 is 0. The number of nitrogens with one attached hydrogen (secondary N) is 1. The monoisotopic (exact) mass is 415 g/mol. The Morgan fingerprint density at radius 2 is 1.71 bits per heavy atom. The summed E-state index contributed by atoms with van der Waals surface area (Å²) in [7, 11) is 0. The minimum atomic E-state index is -0.0923. The molecule has 0 saturated carbocycles. The Morgan fingerprint density at radius 3 is 2.35 bits per heavy atom. The molecular formula is C24H25N5O2. The molecule has 0 spiro atoms. The van der Waals surface area contributed by atoms with Gasteiger partial charge in [0.25, 0.3) is 0 Å². The molecule has 4 aromatic rings. The molecule has 0 unspecified atom stereocenters. The van der Waals surface area contributed by atoms with Gasteiger partial charge in [0.2, 0.25) is 5.91 Å². The molecule has 2 aromatic carbocycles. The number of aliphatic hydroxyl groups is 1. The summed E-state index contributed by atoms with van der Waals surface area (Å²) in [6.07, 6.45) is 5.46. The van der Waals surface area contributed by atoms with E-state index in [-0.39, 0.29) is 19.1 Å². The van der Waals surface area contributed by atoms with Crippen molar-refractivity contribution in [3.63, 3.8) is 0 Å². The van der Waals surface area contributed by atoms with Crippen LogP contribution in [0.25, 0.3) is 22.5 Å². The second-order valence-electron chi connectivity index (χ2n) is 7.19. The van der Waals surface area contributed by atoms with Crippen LogP contribution >= 0.6 is 0 Å². The third-order valence-corrected chi connectivity index (χ3v) is 5.12. The molecule has 7 heteroatoms. The van der Waals surface area contributed by atoms with Gasteiger partial charge < -0.3 is 19.6 Å². The number of aryl methyl sites for hydroxylation is 1. The maximum atomic E-state index is 12.9. The highest BCUT2D eigenvalue weighted by molar-refractivity contribution is 5.79. The van der Waals surface area contributed by atoms with Gasteiger partial charge in [-0.3, -0.25) is 4.79 Å². The molecule has 4 rings (SSSR count). The fourth-order valence-corrected chi connectivity index (χ4v) is 3.61. The van der Waals surface area contributed by atoms with E-state index < -0.39 is 0 Å². The standard InChI is InChI=1S/C24H25N5O2/c30-16-15-28(17-21-25-12-13-26-21)22(31)11-14-29-18-27-23(19-7-3-1-4-8-19)24(29)20-9-5-2-6-10-20/h1-10,12-13,18,30H,11,14-17H2,(H,25,26). The fraction of sp³-hybridized carbons (Fsp3) is 0.208. The SMILES string of the molecule is O=C(CCn1cnc(-c2ccccc2)c1-c1ccccc1)N(CCO)Cc1ncc[nH]1. The van der Waals surface area contributed by atoms with Crippen molar-refractivity contribution < 1.29 is 9.90 Å². The molecule has 0 bridgehead atoms. The number of aromatic amines is 1. The van der Waals surface area contributed by atoms with E-state index in [1.165, 1.54) is 0 Å². The number of carbonyl (C=O) groups excluding carboxylic acids is 1. The third-order valence-electron chi connectivity index (χ3n) is 5.12. The molecule has 0 aliphatic rings. The fourth-order valence-electron chi connectivity index (χ4n) is 3.61. The lowest BCUT2D eigenvalue weighted by Crippen LogP contribution is -2.34. The Hall–Kier alpha value is -3.71. The molecule has 0 aliphatic heterocycles. The van der Waals surface area contributed by atoms with Crippen molar-refractivity contribution in [3.8, 4) is 22.5 Å². The van der Waals surface area contributed by atoms with Crippen molar-refractivity contribution in [1.82, 2.24) is 24.4 Å². The van der Waals surface area contributed by atoms with Crippen LogP contribution in [0.4, 0.5) is 0 Å². The summed E-state index contributed by atoms with van der Waals surface area (Å²) in [5.41, 5.74) is 3.96. The van der Waals surface area contributed by atoms with Gasteiger partial charge in [0.15, 0.2) is 0 Å². The van der Waals surface area contributed by atoms with Crippen molar-refractivity contribution in [2.45, 2.75) is 19.5 Å². The molecule has 2 aromatic heterocycles. The van der Waals surface area contributed by atoms with Crippen LogP contribution in [0.15, 0.2) is 79.4 Å². The zero-order valence-corrected chi connectivity index (χ0v) is 17.2. The number of carbonyl (C=O) groups is 1. The lowest BCUT2D eigenvalue weighted by Gasteiger charge is -2.21. The molecule has 0 saturated heterocycles. The minimum Gasteiger partial charge on any atom is -0.395 e. The molecule has 0 radical (unpaired) electrons. The topological polar surface area (TPSA) is 87.0 Å². The van der Waals surface area contributed by atoms with Crippen molar-refractivity contribution in [3.05, 3.63) is 85.2 Å². The summed E-state index contributed by atoms with van der Waals surface area (Å²) < 4.78 is 2.03. The van der Waals surface area contributed by atoms with Crippen molar-refractivity contribution in [2.75, 3.05) is 13.2 Å². The van der Waals surface area contributed by atoms with Gasteiger partial charge in [-0.25, -0.2) is 9.97 Å². The molecule has 31 heavy (non-hydrogen) atoms. The maximum Gasteiger partial charge on any atom is 0.224 e. The average molecular weight is 415 g/mol. The summed E-state index contributed by atoms with van der Waals surface area (Å²) in [5.74, 6) is 0.653. The Bertz CT molecular complexity index is 1090. The van der Waals surface area contributed by atoms with Crippen LogP contribution in [0.2, 0.25) is 0 Å². The quantitative estimate of drug-likeness (QED) is 0.439. The lowest BCUT2D eigenvalue weighted by atomic mass is 10.0. The van der Waals surface area contributed by atoms with E-state index in [0.29, 0.717) is 25.3 Å². The number of H-pyrrole nitrogens is 1. The smallest absolute Gasteiger partial charge is 0.224 e. The Kier molecular flexibility index (Phi) is 6.54. The van der Waals surface area contributed by atoms with Gasteiger partial charge in [-0.2, -0.15) is 0 Å². The van der Waals surface area contributed by atoms with Gasteiger partial charge >= 0.3 is 0 Å². The van der Waals surface area contributed by atoms with Crippen molar-refractivity contribution in [1.29, 1.82) is 0 Å². The van der Waals surface area contributed by atoms with Crippen LogP contribution < -0.4 is 0 Å². The van der Waals surface area contributed by atoms with E-state index in [2.05, 4.69) is 27.1 Å². The molecule has 0 aliphatic carbocycles. The van der Waals surface area contributed by atoms with Crippen LogP contribution in [0.5, 0.6) is 0 Å². The third kappa shape index (κ3) is 4.90. The number of nitrogens with zero attached hydrogens (tertiary/aromatic N) is 4. The van der Waals surface area contributed by atoms with Gasteiger partial charge in [0.1, 0.15) is 5.82 Å². The summed E-state index contributed by atoms with van der Waals surface area (Å²) in [5, 5.41) is 9.38. The highest BCUT2D eigenvalue weighted by Crippen LogP contribution is 2.31. The first-order valence-corrected chi connectivity index (χ1v) is 10.3. The van der Waals surface area contributed by atoms with Gasteiger partial charge in [-0.05, 0) is 0 Å². The van der Waals surface area contributed by atoms with Crippen LogP contribution in [0.1, 0.15) is 12.2 Å². The first-order chi connectivity index (χ1) is 15.3. The summed E-state index contributed by atoms with van der Waals surface area (Å²) in [6.45, 7) is 1.01. The van der Waals surface area contributed by atoms with E-state index >= 15 is 0 Å². The van der Waals surface area contributed by atoms with Crippen molar-refractivity contribution >= 4 is 5.91 Å². The molecule has 158 valence electrons. The van der Waals surface area contributed by atoms with Crippen LogP contribution in [-0.4, -0.2) is 48.6 Å². The molecule has 2 N–H and O–H groups in total. The van der Waals surface area contributed by atoms with Gasteiger partial charge in [0.05, 0.1) is 30.9 Å². The Morgan fingerprint density at radius 1 is 1.00 bits per heavy atom. The molecule has 0 fully saturated rings. The second kappa shape index (κ2) is 9.86. The highest BCUT2D eigenvalue weighted by atomic mass is 16.3. The molecule has 7 nitrogen and oxygen atoms in total. The number of aliphatic hydroxyl groups excluding tert-OH is 1. The second-order valence-corrected chi connectivity index (χ2v) is 7.19. The van der Waals surface area contributed by atoms with Crippen LogP contribution in [0.3, 0.4) is 0 Å². The normalized spacial score (nSPS) is 10.9. The van der Waals surface area contributed by atoms with E-state index in [1.54, 1.807) is 23.6 Å². The zero-order valence-electron chi connectivity index (χ0n) is 17.2. The number of imidazole rings is 2. The highest BCUT2D eigenvalue weighted by Gasteiger charge is 2.18. The predicted octanol–water partition coefficient (Wildman–Crippen LogP) is 3.35. The maximum absolute atomic E-state index is 12.9. The molecule has 1 amide bonds. The van der Waals surface area contributed by atoms with Gasteiger partial charge in [0, 0.05) is 43.0 Å². The molecular weight excluding hydrogens is 390 g/mol. The van der Waals surface area contributed by atoms with Crippen LogP contribution in [0, 0.1) is 0 Å². The first-order valence-electron chi connectivity index (χ1n) is 10.3. The van der Waals surface area contributed by atoms with Crippen molar-refractivity contribution in [2.24, 2.45) is 0 Å². The van der Waals surface area contributed by atoms with E-state index in [9.17, 15) is 9.90 Å². The van der Waals surface area contributed by atoms with Gasteiger partial charge in [-0.1, -0.05) is 60.7 Å². The Labute approximate surface area is 181 Å². The minimum absolute atomic E-state index is 0.0422. The van der Waals surface area contributed by atoms with E-state index in [1.807, 2.05) is 53.1 Å². The first kappa shape index (κ1) is 20.6. The number of hydrogen-bond donors (Lipinski definition) is 2. The number of amides is 1. The molecule has 2 heterocycles. The summed E-state index contributed by atoms with van der Waals surface area (Å²) in [4.78, 5) is 26.4. The predicted molar refractivity (Wildman–Crippen MR) is 119 cm³/mol. The number of rotatable bonds is 9. The molecule has 0 atom stereocenters. The largest absolute Gasteiger partial charge is 0.395 e. The van der Waals surface area contributed by atoms with E-state index in [0.717, 1.165) is 22.5 Å². The lowest BCUT2D eigenvalue weighted by molar-refractivity contribution is -0.132. The average Bonchev–Trinajstić information content (AvgIpc) is 3.48. The Balaban J connectivity index is 1.56.